The lowest BCUT2D eigenvalue weighted by molar-refractivity contribution is 1.11. The van der Waals surface area contributed by atoms with Crippen molar-refractivity contribution in [1.82, 2.24) is 18.3 Å². The first-order chi connectivity index (χ1) is 30.7. The summed E-state index contributed by atoms with van der Waals surface area (Å²) in [5.41, 5.74) is 12.9. The summed E-state index contributed by atoms with van der Waals surface area (Å²) < 4.78 is 9.06. The molecule has 0 spiro atoms. The van der Waals surface area contributed by atoms with Gasteiger partial charge in [0, 0.05) is 54.5 Å². The number of para-hydroxylation sites is 6. The second-order valence-electron chi connectivity index (χ2n) is 16.0. The van der Waals surface area contributed by atoms with Gasteiger partial charge in [-0.15, -0.1) is 0 Å². The Bertz CT molecular complexity index is 3770. The minimum Gasteiger partial charge on any atom is -0.309 e. The van der Waals surface area contributed by atoms with Crippen LogP contribution in [-0.2, 0) is 0 Å². The maximum Gasteiger partial charge on any atom is 0.101 e. The summed E-state index contributed by atoms with van der Waals surface area (Å²) in [6, 6.07) is 73.0. The van der Waals surface area contributed by atoms with E-state index in [0.717, 1.165) is 77.1 Å². The van der Waals surface area contributed by atoms with Crippen LogP contribution in [-0.4, -0.2) is 18.3 Å². The standard InChI is InChI=1S/C56H32N6/c57-33-35-29-36(34-58)56(62-52-24-12-6-18-44(52)46-31-38(26-28-54(46)62)60-49-21-9-3-15-41(49)42-16-4-10-22-50(42)60)32-55(35)61-51-23-11-5-17-43(51)45-30-37(25-27-53(45)61)59-47-19-7-1-13-39(47)40-14-2-8-20-48(40)59/h1-32H. The van der Waals surface area contributed by atoms with Gasteiger partial charge in [-0.2, -0.15) is 10.5 Å². The highest BCUT2D eigenvalue weighted by Crippen LogP contribution is 2.41. The predicted octanol–water partition coefficient (Wildman–Crippen LogP) is 13.8. The van der Waals surface area contributed by atoms with Crippen molar-refractivity contribution in [3.8, 4) is 34.9 Å². The molecular formula is C56H32N6. The lowest BCUT2D eigenvalue weighted by Gasteiger charge is -2.16. The van der Waals surface area contributed by atoms with Crippen LogP contribution < -0.4 is 0 Å². The van der Waals surface area contributed by atoms with E-state index >= 15 is 0 Å². The Labute approximate surface area is 354 Å². The number of aromatic nitrogens is 4. The molecule has 0 bridgehead atoms. The third-order valence-electron chi connectivity index (χ3n) is 12.8. The molecule has 0 radical (unpaired) electrons. The molecule has 0 unspecified atom stereocenters. The Morgan fingerprint density at radius 1 is 0.258 bits per heavy atom. The van der Waals surface area contributed by atoms with Crippen LogP contribution in [0.15, 0.2) is 194 Å². The Morgan fingerprint density at radius 3 is 0.855 bits per heavy atom. The Kier molecular flexibility index (Phi) is 7.05. The summed E-state index contributed by atoms with van der Waals surface area (Å²) in [5, 5.41) is 30.8. The molecule has 4 aromatic heterocycles. The Balaban J connectivity index is 1.05. The smallest absolute Gasteiger partial charge is 0.101 e. The predicted molar refractivity (Wildman–Crippen MR) is 253 cm³/mol. The highest BCUT2D eigenvalue weighted by atomic mass is 15.0. The van der Waals surface area contributed by atoms with Gasteiger partial charge < -0.3 is 18.3 Å². The van der Waals surface area contributed by atoms with Gasteiger partial charge in [-0.25, -0.2) is 0 Å². The summed E-state index contributed by atoms with van der Waals surface area (Å²) in [5.74, 6) is 0. The van der Waals surface area contributed by atoms with Gasteiger partial charge in [-0.05, 0) is 84.9 Å². The van der Waals surface area contributed by atoms with Crippen molar-refractivity contribution in [1.29, 1.82) is 10.5 Å². The summed E-state index contributed by atoms with van der Waals surface area (Å²) in [6.07, 6.45) is 0. The summed E-state index contributed by atoms with van der Waals surface area (Å²) in [4.78, 5) is 0. The lowest BCUT2D eigenvalue weighted by Crippen LogP contribution is -2.04. The molecule has 62 heavy (non-hydrogen) atoms. The van der Waals surface area contributed by atoms with Crippen LogP contribution >= 0.6 is 0 Å². The van der Waals surface area contributed by atoms with E-state index in [4.69, 9.17) is 0 Å². The second-order valence-corrected chi connectivity index (χ2v) is 16.0. The van der Waals surface area contributed by atoms with Crippen LogP contribution in [0, 0.1) is 22.7 Å². The van der Waals surface area contributed by atoms with Crippen molar-refractivity contribution in [3.63, 3.8) is 0 Å². The lowest BCUT2D eigenvalue weighted by atomic mass is 10.1. The molecule has 0 aliphatic heterocycles. The average molecular weight is 789 g/mol. The SMILES string of the molecule is N#Cc1cc(C#N)c(-n2c3ccccc3c3cc(-n4c5ccccc5c5ccccc54)ccc32)cc1-n1c2ccccc2c2cc(-n3c4ccccc4c4ccccc43)ccc21. The fourth-order valence-electron chi connectivity index (χ4n) is 10.2. The molecule has 0 atom stereocenters. The van der Waals surface area contributed by atoms with E-state index in [-0.39, 0.29) is 0 Å². The van der Waals surface area contributed by atoms with Gasteiger partial charge in [-0.3, -0.25) is 0 Å². The summed E-state index contributed by atoms with van der Waals surface area (Å²) in [6.45, 7) is 0. The number of hydrogen-bond acceptors (Lipinski definition) is 2. The van der Waals surface area contributed by atoms with Gasteiger partial charge in [-0.1, -0.05) is 109 Å². The number of hydrogen-bond donors (Lipinski definition) is 0. The highest BCUT2D eigenvalue weighted by molar-refractivity contribution is 6.14. The van der Waals surface area contributed by atoms with Gasteiger partial charge in [0.25, 0.3) is 0 Å². The van der Waals surface area contributed by atoms with Gasteiger partial charge in [0.05, 0.1) is 66.6 Å². The molecule has 0 fully saturated rings. The molecular weight excluding hydrogens is 757 g/mol. The first-order valence-corrected chi connectivity index (χ1v) is 20.7. The molecule has 0 aliphatic carbocycles. The van der Waals surface area contributed by atoms with Crippen LogP contribution in [0.2, 0.25) is 0 Å². The molecule has 6 nitrogen and oxygen atoms in total. The molecule has 4 heterocycles. The van der Waals surface area contributed by atoms with Crippen molar-refractivity contribution < 1.29 is 0 Å². The topological polar surface area (TPSA) is 67.3 Å². The summed E-state index contributed by atoms with van der Waals surface area (Å²) >= 11 is 0. The van der Waals surface area contributed by atoms with E-state index < -0.39 is 0 Å². The zero-order valence-corrected chi connectivity index (χ0v) is 33.2. The van der Waals surface area contributed by atoms with E-state index in [1.54, 1.807) is 6.07 Å². The third kappa shape index (κ3) is 4.61. The Hall–Kier alpha value is -8.84. The van der Waals surface area contributed by atoms with Crippen molar-refractivity contribution in [2.24, 2.45) is 0 Å². The van der Waals surface area contributed by atoms with E-state index in [9.17, 15) is 10.5 Å². The molecule has 13 rings (SSSR count). The highest BCUT2D eigenvalue weighted by Gasteiger charge is 2.23. The number of benzene rings is 9. The van der Waals surface area contributed by atoms with E-state index in [1.807, 2.05) is 18.2 Å². The number of fused-ring (bicyclic) bond motifs is 12. The molecule has 286 valence electrons. The fraction of sp³-hybridized carbons (Fsp3) is 0. The molecule has 0 N–H and O–H groups in total. The summed E-state index contributed by atoms with van der Waals surface area (Å²) in [7, 11) is 0. The zero-order valence-electron chi connectivity index (χ0n) is 33.2. The van der Waals surface area contributed by atoms with Crippen LogP contribution in [0.3, 0.4) is 0 Å². The number of nitriles is 2. The van der Waals surface area contributed by atoms with Crippen LogP contribution in [0.25, 0.3) is 110 Å². The van der Waals surface area contributed by atoms with E-state index in [1.165, 1.54) is 21.5 Å². The minimum absolute atomic E-state index is 0.425. The van der Waals surface area contributed by atoms with Crippen LogP contribution in [0.4, 0.5) is 0 Å². The van der Waals surface area contributed by atoms with Crippen LogP contribution in [0.5, 0.6) is 0 Å². The second kappa shape index (κ2) is 12.8. The van der Waals surface area contributed by atoms with Gasteiger partial charge in [0.1, 0.15) is 12.1 Å². The van der Waals surface area contributed by atoms with E-state index in [2.05, 4.69) is 200 Å². The van der Waals surface area contributed by atoms with E-state index in [0.29, 0.717) is 22.5 Å². The van der Waals surface area contributed by atoms with Gasteiger partial charge in [0.2, 0.25) is 0 Å². The molecule has 0 saturated carbocycles. The molecule has 0 saturated heterocycles. The monoisotopic (exact) mass is 788 g/mol. The normalized spacial score (nSPS) is 11.8. The largest absolute Gasteiger partial charge is 0.309 e. The maximum absolute atomic E-state index is 10.8. The van der Waals surface area contributed by atoms with Crippen molar-refractivity contribution in [2.75, 3.05) is 0 Å². The van der Waals surface area contributed by atoms with Gasteiger partial charge >= 0.3 is 0 Å². The molecule has 9 aromatic carbocycles. The van der Waals surface area contributed by atoms with Crippen molar-refractivity contribution >= 4 is 87.2 Å². The third-order valence-corrected chi connectivity index (χ3v) is 12.8. The molecule has 13 aromatic rings. The average Bonchev–Trinajstić information content (AvgIpc) is 4.06. The minimum atomic E-state index is 0.425. The number of nitrogens with zero attached hydrogens (tertiary/aromatic N) is 6. The zero-order chi connectivity index (χ0) is 41.1. The molecule has 6 heteroatoms. The van der Waals surface area contributed by atoms with Gasteiger partial charge in [0.15, 0.2) is 0 Å². The van der Waals surface area contributed by atoms with Crippen molar-refractivity contribution in [3.05, 3.63) is 205 Å². The Morgan fingerprint density at radius 2 is 0.532 bits per heavy atom. The van der Waals surface area contributed by atoms with Crippen molar-refractivity contribution in [2.45, 2.75) is 0 Å². The van der Waals surface area contributed by atoms with Crippen LogP contribution in [0.1, 0.15) is 11.1 Å². The first-order valence-electron chi connectivity index (χ1n) is 20.7. The quantitative estimate of drug-likeness (QED) is 0.178. The molecule has 0 aliphatic rings. The molecule has 0 amide bonds. The maximum atomic E-state index is 10.8. The fourth-order valence-corrected chi connectivity index (χ4v) is 10.2. The number of rotatable bonds is 4. The first kappa shape index (κ1) is 34.1.